The van der Waals surface area contributed by atoms with Crippen LogP contribution in [0.2, 0.25) is 0 Å². The van der Waals surface area contributed by atoms with Gasteiger partial charge in [-0.15, -0.1) is 6.42 Å². The molecule has 1 atom stereocenters. The highest BCUT2D eigenvalue weighted by atomic mass is 16.4. The van der Waals surface area contributed by atoms with Crippen molar-refractivity contribution < 1.29 is 14.7 Å². The number of fused-ring (bicyclic) bond motifs is 1. The lowest BCUT2D eigenvalue weighted by Crippen LogP contribution is -2.40. The second kappa shape index (κ2) is 6.25. The van der Waals surface area contributed by atoms with Crippen LogP contribution in [0.25, 0.3) is 0 Å². The van der Waals surface area contributed by atoms with E-state index in [1.807, 2.05) is 24.3 Å². The molecule has 1 unspecified atom stereocenters. The second-order valence-electron chi connectivity index (χ2n) is 4.94. The number of rotatable bonds is 4. The molecule has 20 heavy (non-hydrogen) atoms. The molecule has 1 aliphatic rings. The lowest BCUT2D eigenvalue weighted by Gasteiger charge is -2.29. The summed E-state index contributed by atoms with van der Waals surface area (Å²) in [7, 11) is 0. The SMILES string of the molecule is C#CCN(CC(=O)O)C(=O)C1CCCc2ccccc21. The first-order valence-corrected chi connectivity index (χ1v) is 6.65. The molecule has 0 heterocycles. The zero-order chi connectivity index (χ0) is 14.5. The first-order valence-electron chi connectivity index (χ1n) is 6.65. The van der Waals surface area contributed by atoms with Crippen LogP contribution in [0.4, 0.5) is 0 Å². The number of nitrogens with zero attached hydrogens (tertiary/aromatic N) is 1. The average molecular weight is 271 g/mol. The van der Waals surface area contributed by atoms with Gasteiger partial charge < -0.3 is 10.0 Å². The lowest BCUT2D eigenvalue weighted by molar-refractivity contribution is -0.144. The summed E-state index contributed by atoms with van der Waals surface area (Å²) in [6.07, 6.45) is 7.88. The molecule has 0 aromatic heterocycles. The van der Waals surface area contributed by atoms with Crippen molar-refractivity contribution in [1.29, 1.82) is 0 Å². The van der Waals surface area contributed by atoms with Crippen LogP contribution in [0.3, 0.4) is 0 Å². The maximum Gasteiger partial charge on any atom is 0.323 e. The van der Waals surface area contributed by atoms with Crippen molar-refractivity contribution in [2.24, 2.45) is 0 Å². The number of carboxylic acids is 1. The van der Waals surface area contributed by atoms with Gasteiger partial charge in [-0.05, 0) is 30.4 Å². The first kappa shape index (κ1) is 14.1. The third-order valence-corrected chi connectivity index (χ3v) is 3.59. The van der Waals surface area contributed by atoms with Crippen molar-refractivity contribution >= 4 is 11.9 Å². The van der Waals surface area contributed by atoms with Gasteiger partial charge in [0.2, 0.25) is 5.91 Å². The standard InChI is InChI=1S/C16H17NO3/c1-2-10-17(11-15(18)19)16(20)14-9-5-7-12-6-3-4-8-13(12)14/h1,3-4,6,8,14H,5,7,9-11H2,(H,18,19). The fourth-order valence-electron chi connectivity index (χ4n) is 2.72. The summed E-state index contributed by atoms with van der Waals surface area (Å²) in [4.78, 5) is 24.7. The minimum atomic E-state index is -1.04. The molecule has 0 aliphatic heterocycles. The predicted octanol–water partition coefficient (Wildman–Crippen LogP) is 1.65. The average Bonchev–Trinajstić information content (AvgIpc) is 2.45. The molecule has 0 radical (unpaired) electrons. The van der Waals surface area contributed by atoms with Gasteiger partial charge in [0.25, 0.3) is 0 Å². The fourth-order valence-corrected chi connectivity index (χ4v) is 2.72. The summed E-state index contributed by atoms with van der Waals surface area (Å²) in [6, 6.07) is 7.85. The van der Waals surface area contributed by atoms with Crippen LogP contribution in [-0.4, -0.2) is 35.0 Å². The zero-order valence-corrected chi connectivity index (χ0v) is 11.2. The van der Waals surface area contributed by atoms with Crippen LogP contribution in [0, 0.1) is 12.3 Å². The van der Waals surface area contributed by atoms with Crippen LogP contribution in [0.5, 0.6) is 0 Å². The Morgan fingerprint density at radius 3 is 2.85 bits per heavy atom. The molecule has 0 fully saturated rings. The summed E-state index contributed by atoms with van der Waals surface area (Å²) in [5.74, 6) is 0.862. The number of hydrogen-bond acceptors (Lipinski definition) is 2. The Balaban J connectivity index is 2.24. The quantitative estimate of drug-likeness (QED) is 0.847. The maximum absolute atomic E-state index is 12.6. The summed E-state index contributed by atoms with van der Waals surface area (Å²) < 4.78 is 0. The molecule has 1 aromatic carbocycles. The number of hydrogen-bond donors (Lipinski definition) is 1. The maximum atomic E-state index is 12.6. The van der Waals surface area contributed by atoms with Crippen LogP contribution < -0.4 is 0 Å². The van der Waals surface area contributed by atoms with E-state index in [1.54, 1.807) is 0 Å². The van der Waals surface area contributed by atoms with E-state index in [2.05, 4.69) is 5.92 Å². The lowest BCUT2D eigenvalue weighted by atomic mass is 9.82. The van der Waals surface area contributed by atoms with Crippen LogP contribution >= 0.6 is 0 Å². The molecule has 0 spiro atoms. The van der Waals surface area contributed by atoms with Crippen LogP contribution in [0.15, 0.2) is 24.3 Å². The highest BCUT2D eigenvalue weighted by molar-refractivity contribution is 5.87. The normalized spacial score (nSPS) is 16.9. The number of amides is 1. The van der Waals surface area contributed by atoms with Gasteiger partial charge >= 0.3 is 5.97 Å². The van der Waals surface area contributed by atoms with Crippen LogP contribution in [-0.2, 0) is 16.0 Å². The van der Waals surface area contributed by atoms with Gasteiger partial charge in [0.05, 0.1) is 12.5 Å². The molecular weight excluding hydrogens is 254 g/mol. The van der Waals surface area contributed by atoms with Crippen molar-refractivity contribution in [2.45, 2.75) is 25.2 Å². The van der Waals surface area contributed by atoms with Crippen molar-refractivity contribution in [3.63, 3.8) is 0 Å². The van der Waals surface area contributed by atoms with E-state index >= 15 is 0 Å². The van der Waals surface area contributed by atoms with Gasteiger partial charge in [0.15, 0.2) is 0 Å². The van der Waals surface area contributed by atoms with E-state index in [1.165, 1.54) is 10.5 Å². The number of carboxylic acid groups (broad SMARTS) is 1. The number of carbonyl (C=O) groups excluding carboxylic acids is 1. The Morgan fingerprint density at radius 2 is 2.15 bits per heavy atom. The first-order chi connectivity index (χ1) is 9.63. The zero-order valence-electron chi connectivity index (χ0n) is 11.2. The van der Waals surface area contributed by atoms with Gasteiger partial charge in [-0.25, -0.2) is 0 Å². The number of carbonyl (C=O) groups is 2. The third kappa shape index (κ3) is 3.00. The van der Waals surface area contributed by atoms with Gasteiger partial charge in [-0.3, -0.25) is 9.59 Å². The van der Waals surface area contributed by atoms with E-state index in [0.29, 0.717) is 0 Å². The summed E-state index contributed by atoms with van der Waals surface area (Å²) in [5, 5.41) is 8.89. The number of benzene rings is 1. The Hall–Kier alpha value is -2.28. The van der Waals surface area contributed by atoms with E-state index in [4.69, 9.17) is 11.5 Å². The predicted molar refractivity (Wildman–Crippen MR) is 75.2 cm³/mol. The smallest absolute Gasteiger partial charge is 0.323 e. The molecule has 1 amide bonds. The minimum Gasteiger partial charge on any atom is -0.480 e. The Bertz CT molecular complexity index is 559. The molecule has 1 aliphatic carbocycles. The van der Waals surface area contributed by atoms with Crippen LogP contribution in [0.1, 0.15) is 29.9 Å². The Labute approximate surface area is 118 Å². The Kier molecular flexibility index (Phi) is 4.41. The highest BCUT2D eigenvalue weighted by Gasteiger charge is 2.30. The molecule has 0 saturated heterocycles. The molecule has 0 bridgehead atoms. The summed E-state index contributed by atoms with van der Waals surface area (Å²) in [5.41, 5.74) is 2.18. The Morgan fingerprint density at radius 1 is 1.40 bits per heavy atom. The van der Waals surface area contributed by atoms with E-state index < -0.39 is 5.97 Å². The fraction of sp³-hybridized carbons (Fsp3) is 0.375. The number of aryl methyl sites for hydroxylation is 1. The second-order valence-corrected chi connectivity index (χ2v) is 4.94. The third-order valence-electron chi connectivity index (χ3n) is 3.59. The topological polar surface area (TPSA) is 57.6 Å². The van der Waals surface area contributed by atoms with E-state index in [-0.39, 0.29) is 24.9 Å². The monoisotopic (exact) mass is 271 g/mol. The van der Waals surface area contributed by atoms with Gasteiger partial charge in [0, 0.05) is 0 Å². The van der Waals surface area contributed by atoms with Crippen molar-refractivity contribution in [3.8, 4) is 12.3 Å². The van der Waals surface area contributed by atoms with E-state index in [0.717, 1.165) is 24.8 Å². The molecule has 4 nitrogen and oxygen atoms in total. The molecule has 0 saturated carbocycles. The van der Waals surface area contributed by atoms with E-state index in [9.17, 15) is 9.59 Å². The summed E-state index contributed by atoms with van der Waals surface area (Å²) in [6.45, 7) is -0.314. The molecule has 2 rings (SSSR count). The molecule has 1 aromatic rings. The number of terminal acetylenes is 1. The molecule has 4 heteroatoms. The number of aliphatic carboxylic acids is 1. The van der Waals surface area contributed by atoms with Crippen molar-refractivity contribution in [3.05, 3.63) is 35.4 Å². The highest BCUT2D eigenvalue weighted by Crippen LogP contribution is 2.32. The molecular formula is C16H17NO3. The van der Waals surface area contributed by atoms with Gasteiger partial charge in [0.1, 0.15) is 6.54 Å². The molecule has 1 N–H and O–H groups in total. The minimum absolute atomic E-state index is 0.0315. The van der Waals surface area contributed by atoms with Gasteiger partial charge in [-0.1, -0.05) is 30.2 Å². The molecule has 104 valence electrons. The largest absolute Gasteiger partial charge is 0.480 e. The van der Waals surface area contributed by atoms with Gasteiger partial charge in [-0.2, -0.15) is 0 Å². The summed E-state index contributed by atoms with van der Waals surface area (Å²) >= 11 is 0. The van der Waals surface area contributed by atoms with Crippen molar-refractivity contribution in [1.82, 2.24) is 4.90 Å². The van der Waals surface area contributed by atoms with Crippen molar-refractivity contribution in [2.75, 3.05) is 13.1 Å².